The van der Waals surface area contributed by atoms with E-state index >= 15 is 0 Å². The fourth-order valence-electron chi connectivity index (χ4n) is 7.75. The molecular formula is C53H82N10O13. The number of rotatable bonds is 32. The Labute approximate surface area is 445 Å². The third-order valence-electron chi connectivity index (χ3n) is 12.3. The van der Waals surface area contributed by atoms with Gasteiger partial charge in [0.05, 0.1) is 25.3 Å². The lowest BCUT2D eigenvalue weighted by Gasteiger charge is -2.30. The summed E-state index contributed by atoms with van der Waals surface area (Å²) in [5.41, 5.74) is 7.17. The molecule has 0 saturated heterocycles. The Bertz CT molecular complexity index is 2250. The van der Waals surface area contributed by atoms with E-state index in [4.69, 9.17) is 5.73 Å². The number of carbonyl (C=O) groups is 10. The van der Waals surface area contributed by atoms with Gasteiger partial charge in [0.1, 0.15) is 48.3 Å². The molecule has 0 aliphatic carbocycles. The van der Waals surface area contributed by atoms with Crippen LogP contribution in [0.4, 0.5) is 0 Å². The molecule has 0 fully saturated rings. The van der Waals surface area contributed by atoms with Crippen LogP contribution >= 0.6 is 0 Å². The van der Waals surface area contributed by atoms with Crippen molar-refractivity contribution in [1.29, 1.82) is 0 Å². The molecule has 0 unspecified atom stereocenters. The van der Waals surface area contributed by atoms with Crippen molar-refractivity contribution in [1.82, 2.24) is 47.9 Å². The highest BCUT2D eigenvalue weighted by Crippen LogP contribution is 2.14. The molecule has 2 aromatic rings. The molecule has 0 spiro atoms. The van der Waals surface area contributed by atoms with E-state index in [1.807, 2.05) is 13.8 Å². The van der Waals surface area contributed by atoms with Gasteiger partial charge in [0.15, 0.2) is 0 Å². The Morgan fingerprint density at radius 3 is 1.42 bits per heavy atom. The van der Waals surface area contributed by atoms with Crippen molar-refractivity contribution in [2.45, 2.75) is 162 Å². The maximum Gasteiger partial charge on any atom is 0.326 e. The summed E-state index contributed by atoms with van der Waals surface area (Å²) < 4.78 is 0. The quantitative estimate of drug-likeness (QED) is 0.0421. The molecule has 14 N–H and O–H groups in total. The zero-order valence-electron chi connectivity index (χ0n) is 45.3. The van der Waals surface area contributed by atoms with Crippen molar-refractivity contribution in [2.75, 3.05) is 13.2 Å². The first kappa shape index (κ1) is 65.1. The molecule has 23 heteroatoms. The molecule has 422 valence electrons. The molecule has 76 heavy (non-hydrogen) atoms. The average molecular weight is 1070 g/mol. The first-order valence-corrected chi connectivity index (χ1v) is 25.7. The Morgan fingerprint density at radius 2 is 0.947 bits per heavy atom. The lowest BCUT2D eigenvalue weighted by molar-refractivity contribution is -0.143. The number of amides is 9. The number of carboxylic acid groups (broad SMARTS) is 1. The van der Waals surface area contributed by atoms with Crippen molar-refractivity contribution in [3.63, 3.8) is 0 Å². The van der Waals surface area contributed by atoms with Gasteiger partial charge in [-0.25, -0.2) is 4.79 Å². The number of hydrogen-bond acceptors (Lipinski definition) is 13. The van der Waals surface area contributed by atoms with Gasteiger partial charge in [-0.1, -0.05) is 122 Å². The van der Waals surface area contributed by atoms with Crippen LogP contribution in [0.2, 0.25) is 0 Å². The first-order valence-electron chi connectivity index (χ1n) is 25.7. The van der Waals surface area contributed by atoms with Crippen molar-refractivity contribution >= 4 is 59.1 Å². The molecule has 0 aromatic heterocycles. The highest BCUT2D eigenvalue weighted by atomic mass is 16.4. The fourth-order valence-corrected chi connectivity index (χ4v) is 7.75. The Hall–Kier alpha value is -6.98. The minimum atomic E-state index is -1.69. The summed E-state index contributed by atoms with van der Waals surface area (Å²) in [6.45, 7) is 15.0. The van der Waals surface area contributed by atoms with Gasteiger partial charge in [-0.15, -0.1) is 0 Å². The van der Waals surface area contributed by atoms with Crippen LogP contribution in [0.5, 0.6) is 0 Å². The second-order valence-corrected chi connectivity index (χ2v) is 20.3. The van der Waals surface area contributed by atoms with Crippen LogP contribution in [-0.2, 0) is 60.8 Å². The topological polar surface area (TPSA) is 366 Å². The van der Waals surface area contributed by atoms with Crippen LogP contribution in [0.15, 0.2) is 60.7 Å². The number of benzene rings is 2. The van der Waals surface area contributed by atoms with Gasteiger partial charge in [0.2, 0.25) is 53.2 Å². The Balaban J connectivity index is 2.27. The van der Waals surface area contributed by atoms with Crippen LogP contribution in [0.3, 0.4) is 0 Å². The highest BCUT2D eigenvalue weighted by molar-refractivity contribution is 5.98. The molecule has 0 saturated carbocycles. The van der Waals surface area contributed by atoms with Crippen LogP contribution < -0.4 is 53.6 Å². The summed E-state index contributed by atoms with van der Waals surface area (Å²) in [6.07, 6.45) is -0.901. The standard InChI is InChI=1S/C53H82N10O13/c1-11-31(8)43(62-45(67)32(9)56-46(68)36(54)22-28(2)3)51(73)59-37(23-29(4)5)48(70)63-44(33(10)65)52(74)60-38(24-34-18-14-12-15-19-34)47(69)55-26-41(66)57-40(27-64)50(72)58-39(25-35-20-16-13-17-21-35)49(71)61-42(30(6)7)53(75)76/h12-21,28-33,36-40,42-44,64-65H,11,22-27,54H2,1-10H3,(H,55,69)(H,56,68)(H,57,66)(H,58,72)(H,59,73)(H,60,74)(H,61,71)(H,62,67)(H,63,70)(H,75,76)/t31-,32-,33+,36-,37-,38-,39-,40-,42-,43-,44-/m0/s1. The van der Waals surface area contributed by atoms with Crippen molar-refractivity contribution in [2.24, 2.45) is 29.4 Å². The largest absolute Gasteiger partial charge is 0.480 e. The Morgan fingerprint density at radius 1 is 0.500 bits per heavy atom. The number of nitrogens with two attached hydrogens (primary N) is 1. The SMILES string of the molecule is CC[C@H](C)[C@H](NC(=O)[C@H](C)NC(=O)[C@@H](N)CC(C)C)C(=O)N[C@@H](CC(C)C)C(=O)N[C@H](C(=O)N[C@@H](Cc1ccccc1)C(=O)NCC(=O)N[C@@H](CO)C(=O)N[C@@H](Cc1ccccc1)C(=O)N[C@H](C(=O)O)C(C)C)[C@@H](C)O. The van der Waals surface area contributed by atoms with E-state index in [0.29, 0.717) is 24.0 Å². The average Bonchev–Trinajstić information content (AvgIpc) is 3.35. The molecule has 0 bridgehead atoms. The molecule has 2 aromatic carbocycles. The fraction of sp³-hybridized carbons (Fsp3) is 0.585. The van der Waals surface area contributed by atoms with Crippen LogP contribution in [-0.4, -0.2) is 148 Å². The summed E-state index contributed by atoms with van der Waals surface area (Å²) in [5, 5.41) is 53.3. The predicted molar refractivity (Wildman–Crippen MR) is 282 cm³/mol. The molecule has 11 atom stereocenters. The number of carboxylic acids is 1. The van der Waals surface area contributed by atoms with Crippen LogP contribution in [0.1, 0.15) is 99.6 Å². The monoisotopic (exact) mass is 1070 g/mol. The zero-order chi connectivity index (χ0) is 57.4. The maximum absolute atomic E-state index is 14.0. The molecule has 0 aliphatic rings. The van der Waals surface area contributed by atoms with E-state index in [-0.39, 0.29) is 31.1 Å². The van der Waals surface area contributed by atoms with Crippen LogP contribution in [0.25, 0.3) is 0 Å². The lowest BCUT2D eigenvalue weighted by Crippen LogP contribution is -2.62. The van der Waals surface area contributed by atoms with E-state index in [9.17, 15) is 63.3 Å². The third-order valence-corrected chi connectivity index (χ3v) is 12.3. The van der Waals surface area contributed by atoms with Gasteiger partial charge < -0.3 is 68.9 Å². The second-order valence-electron chi connectivity index (χ2n) is 20.3. The van der Waals surface area contributed by atoms with E-state index in [0.717, 1.165) is 0 Å². The van der Waals surface area contributed by atoms with Gasteiger partial charge in [0.25, 0.3) is 0 Å². The smallest absolute Gasteiger partial charge is 0.326 e. The molecule has 0 aliphatic heterocycles. The molecule has 9 amide bonds. The highest BCUT2D eigenvalue weighted by Gasteiger charge is 2.36. The number of hydrogen-bond donors (Lipinski definition) is 13. The third kappa shape index (κ3) is 22.5. The molecule has 23 nitrogen and oxygen atoms in total. The van der Waals surface area contributed by atoms with E-state index in [1.54, 1.807) is 102 Å². The molecular weight excluding hydrogens is 985 g/mol. The predicted octanol–water partition coefficient (Wildman–Crippen LogP) is -0.934. The molecule has 2 rings (SSSR count). The van der Waals surface area contributed by atoms with Crippen LogP contribution in [0, 0.1) is 23.7 Å². The summed E-state index contributed by atoms with van der Waals surface area (Å²) >= 11 is 0. The number of nitrogens with one attached hydrogen (secondary N) is 9. The van der Waals surface area contributed by atoms with E-state index in [2.05, 4.69) is 47.9 Å². The van der Waals surface area contributed by atoms with Crippen molar-refractivity contribution in [3.8, 4) is 0 Å². The zero-order valence-corrected chi connectivity index (χ0v) is 45.3. The van der Waals surface area contributed by atoms with Gasteiger partial charge in [-0.3, -0.25) is 43.2 Å². The lowest BCUT2D eigenvalue weighted by atomic mass is 9.96. The first-order chi connectivity index (χ1) is 35.7. The summed E-state index contributed by atoms with van der Waals surface area (Å²) in [6, 6.07) is 5.19. The van der Waals surface area contributed by atoms with Crippen molar-refractivity contribution < 1.29 is 63.3 Å². The van der Waals surface area contributed by atoms with Gasteiger partial charge in [-0.05, 0) is 61.5 Å². The maximum atomic E-state index is 14.0. The molecule has 0 radical (unpaired) electrons. The number of carbonyl (C=O) groups excluding carboxylic acids is 9. The van der Waals surface area contributed by atoms with Gasteiger partial charge >= 0.3 is 5.97 Å². The van der Waals surface area contributed by atoms with Gasteiger partial charge in [-0.2, -0.15) is 0 Å². The van der Waals surface area contributed by atoms with E-state index in [1.165, 1.54) is 13.8 Å². The number of aliphatic carboxylic acids is 1. The Kier molecular flexibility index (Phi) is 27.8. The number of aliphatic hydroxyl groups excluding tert-OH is 2. The summed E-state index contributed by atoms with van der Waals surface area (Å²) in [7, 11) is 0. The van der Waals surface area contributed by atoms with E-state index < -0.39 is 145 Å². The second kappa shape index (κ2) is 32.5. The van der Waals surface area contributed by atoms with Gasteiger partial charge in [0, 0.05) is 12.8 Å². The number of aliphatic hydroxyl groups is 2. The minimum Gasteiger partial charge on any atom is -0.480 e. The summed E-state index contributed by atoms with van der Waals surface area (Å²) in [4.78, 5) is 134. The normalized spacial score (nSPS) is 15.6. The minimum absolute atomic E-state index is 0.0576. The summed E-state index contributed by atoms with van der Waals surface area (Å²) in [5.74, 6) is -9.81. The molecule has 0 heterocycles. The van der Waals surface area contributed by atoms with Crippen molar-refractivity contribution in [3.05, 3.63) is 71.8 Å².